The SMILES string of the molecule is O=C(OCCOCCOCCOCCOCCOCCOCCOCCF)c1ccccc1. The van der Waals surface area contributed by atoms with Gasteiger partial charge in [-0.1, -0.05) is 18.2 Å². The van der Waals surface area contributed by atoms with Crippen LogP contribution in [0.5, 0.6) is 0 Å². The van der Waals surface area contributed by atoms with Gasteiger partial charge >= 0.3 is 5.97 Å². The molecule has 0 fully saturated rings. The molecule has 33 heavy (non-hydrogen) atoms. The number of carbonyl (C=O) groups is 1. The van der Waals surface area contributed by atoms with E-state index in [0.29, 0.717) is 91.5 Å². The van der Waals surface area contributed by atoms with Crippen molar-refractivity contribution in [2.45, 2.75) is 0 Å². The number of benzene rings is 1. The monoisotopic (exact) mass is 476 g/mol. The molecule has 10 heteroatoms. The largest absolute Gasteiger partial charge is 0.460 e. The summed E-state index contributed by atoms with van der Waals surface area (Å²) in [6.07, 6.45) is 0. The van der Waals surface area contributed by atoms with Crippen LogP contribution in [0.15, 0.2) is 30.3 Å². The van der Waals surface area contributed by atoms with Gasteiger partial charge in [0.25, 0.3) is 0 Å². The Kier molecular flexibility index (Phi) is 20.9. The van der Waals surface area contributed by atoms with Gasteiger partial charge in [0.2, 0.25) is 0 Å². The minimum absolute atomic E-state index is 0.111. The Morgan fingerprint density at radius 2 is 0.848 bits per heavy atom. The second-order valence-electron chi connectivity index (χ2n) is 6.48. The van der Waals surface area contributed by atoms with Crippen LogP contribution in [-0.4, -0.2) is 112 Å². The minimum Gasteiger partial charge on any atom is -0.460 e. The highest BCUT2D eigenvalue weighted by Crippen LogP contribution is 2.00. The van der Waals surface area contributed by atoms with Crippen LogP contribution >= 0.6 is 0 Å². The summed E-state index contributed by atoms with van der Waals surface area (Å²) in [5.41, 5.74) is 0.524. The van der Waals surface area contributed by atoms with Crippen LogP contribution < -0.4 is 0 Å². The molecule has 1 aromatic carbocycles. The quantitative estimate of drug-likeness (QED) is 0.164. The molecule has 0 bridgehead atoms. The van der Waals surface area contributed by atoms with Crippen molar-refractivity contribution in [2.75, 3.05) is 106 Å². The van der Waals surface area contributed by atoms with Crippen molar-refractivity contribution >= 4 is 5.97 Å². The van der Waals surface area contributed by atoms with Gasteiger partial charge in [-0.15, -0.1) is 0 Å². The average Bonchev–Trinajstić information content (AvgIpc) is 2.85. The molecule has 0 N–H and O–H groups in total. The fourth-order valence-electron chi connectivity index (χ4n) is 2.33. The molecular formula is C23H37FO9. The summed E-state index contributed by atoms with van der Waals surface area (Å²) in [6.45, 7) is 5.65. The molecule has 1 rings (SSSR count). The minimum atomic E-state index is -0.476. The summed E-state index contributed by atoms with van der Waals surface area (Å²) < 4.78 is 54.0. The first kappa shape index (κ1) is 29.4. The molecule has 190 valence electrons. The lowest BCUT2D eigenvalue weighted by Gasteiger charge is -2.08. The van der Waals surface area contributed by atoms with Gasteiger partial charge in [-0.05, 0) is 12.1 Å². The standard InChI is InChI=1S/C23H37FO9/c24-6-7-26-8-9-27-10-11-28-12-13-29-14-15-30-16-17-31-18-19-32-20-21-33-23(25)22-4-2-1-3-5-22/h1-5H,6-21H2. The highest BCUT2D eigenvalue weighted by molar-refractivity contribution is 5.89. The first-order chi connectivity index (χ1) is 16.3. The van der Waals surface area contributed by atoms with E-state index in [1.54, 1.807) is 24.3 Å². The van der Waals surface area contributed by atoms with Crippen molar-refractivity contribution in [2.24, 2.45) is 0 Å². The molecule has 0 radical (unpaired) electrons. The second-order valence-corrected chi connectivity index (χ2v) is 6.48. The molecular weight excluding hydrogens is 439 g/mol. The first-order valence-corrected chi connectivity index (χ1v) is 11.2. The molecule has 0 unspecified atom stereocenters. The summed E-state index contributed by atoms with van der Waals surface area (Å²) in [4.78, 5) is 11.7. The maximum absolute atomic E-state index is 11.8. The maximum atomic E-state index is 11.8. The zero-order chi connectivity index (χ0) is 23.7. The maximum Gasteiger partial charge on any atom is 0.338 e. The van der Waals surface area contributed by atoms with Crippen molar-refractivity contribution in [1.29, 1.82) is 0 Å². The summed E-state index contributed by atoms with van der Waals surface area (Å²) in [5.74, 6) is -0.358. The van der Waals surface area contributed by atoms with Crippen LogP contribution in [0.4, 0.5) is 4.39 Å². The fourth-order valence-corrected chi connectivity index (χ4v) is 2.33. The lowest BCUT2D eigenvalue weighted by molar-refractivity contribution is -0.0225. The molecule has 0 heterocycles. The smallest absolute Gasteiger partial charge is 0.338 e. The Balaban J connectivity index is 1.69. The van der Waals surface area contributed by atoms with Gasteiger partial charge in [-0.2, -0.15) is 0 Å². The van der Waals surface area contributed by atoms with Crippen molar-refractivity contribution < 1.29 is 47.1 Å². The highest BCUT2D eigenvalue weighted by atomic mass is 19.1. The topological polar surface area (TPSA) is 90.9 Å². The zero-order valence-corrected chi connectivity index (χ0v) is 19.3. The van der Waals surface area contributed by atoms with Gasteiger partial charge in [0.15, 0.2) is 0 Å². The normalized spacial score (nSPS) is 11.1. The number of rotatable bonds is 24. The molecule has 0 aliphatic carbocycles. The Labute approximate surface area is 195 Å². The molecule has 0 aliphatic heterocycles. The summed E-state index contributed by atoms with van der Waals surface area (Å²) in [7, 11) is 0. The van der Waals surface area contributed by atoms with E-state index in [2.05, 4.69) is 0 Å². The van der Waals surface area contributed by atoms with Crippen LogP contribution in [0.2, 0.25) is 0 Å². The predicted molar refractivity (Wildman–Crippen MR) is 118 cm³/mol. The van der Waals surface area contributed by atoms with Gasteiger partial charge in [0.05, 0.1) is 98.1 Å². The van der Waals surface area contributed by atoms with Gasteiger partial charge < -0.3 is 37.9 Å². The van der Waals surface area contributed by atoms with E-state index in [1.165, 1.54) is 0 Å². The lowest BCUT2D eigenvalue weighted by atomic mass is 10.2. The van der Waals surface area contributed by atoms with Gasteiger partial charge in [0.1, 0.15) is 13.3 Å². The number of hydrogen-bond donors (Lipinski definition) is 0. The third-order valence-electron chi connectivity index (χ3n) is 3.92. The van der Waals surface area contributed by atoms with Crippen LogP contribution in [0, 0.1) is 0 Å². The van der Waals surface area contributed by atoms with Crippen LogP contribution in [0.1, 0.15) is 10.4 Å². The van der Waals surface area contributed by atoms with Crippen molar-refractivity contribution in [3.63, 3.8) is 0 Å². The fraction of sp³-hybridized carbons (Fsp3) is 0.696. The van der Waals surface area contributed by atoms with E-state index in [9.17, 15) is 9.18 Å². The molecule has 0 saturated carbocycles. The highest BCUT2D eigenvalue weighted by Gasteiger charge is 2.05. The van der Waals surface area contributed by atoms with Crippen LogP contribution in [0.3, 0.4) is 0 Å². The molecule has 0 saturated heterocycles. The summed E-state index contributed by atoms with van der Waals surface area (Å²) >= 11 is 0. The van der Waals surface area contributed by atoms with Crippen LogP contribution in [-0.2, 0) is 37.9 Å². The Bertz CT molecular complexity index is 548. The first-order valence-electron chi connectivity index (χ1n) is 11.2. The molecule has 1 aromatic rings. The van der Waals surface area contributed by atoms with Crippen LogP contribution in [0.25, 0.3) is 0 Å². The summed E-state index contributed by atoms with van der Waals surface area (Å²) in [6, 6.07) is 8.83. The number of alkyl halides is 1. The average molecular weight is 477 g/mol. The van der Waals surface area contributed by atoms with E-state index in [4.69, 9.17) is 37.9 Å². The Morgan fingerprint density at radius 3 is 1.21 bits per heavy atom. The third-order valence-corrected chi connectivity index (χ3v) is 3.92. The van der Waals surface area contributed by atoms with E-state index in [1.807, 2.05) is 6.07 Å². The number of carbonyl (C=O) groups excluding carboxylic acids is 1. The van der Waals surface area contributed by atoms with Gasteiger partial charge in [0, 0.05) is 0 Å². The van der Waals surface area contributed by atoms with E-state index in [0.717, 1.165) is 0 Å². The number of hydrogen-bond acceptors (Lipinski definition) is 9. The number of esters is 1. The molecule has 0 aromatic heterocycles. The molecule has 0 aliphatic rings. The molecule has 0 amide bonds. The molecule has 9 nitrogen and oxygen atoms in total. The number of ether oxygens (including phenoxy) is 8. The Hall–Kier alpha value is -1.66. The van der Waals surface area contributed by atoms with Crippen molar-refractivity contribution in [3.8, 4) is 0 Å². The number of halogens is 1. The lowest BCUT2D eigenvalue weighted by Crippen LogP contribution is -2.15. The van der Waals surface area contributed by atoms with E-state index < -0.39 is 6.67 Å². The summed E-state index contributed by atoms with van der Waals surface area (Å²) in [5, 5.41) is 0. The van der Waals surface area contributed by atoms with Crippen molar-refractivity contribution in [1.82, 2.24) is 0 Å². The molecule has 0 atom stereocenters. The molecule has 0 spiro atoms. The van der Waals surface area contributed by atoms with E-state index >= 15 is 0 Å². The second kappa shape index (κ2) is 23.5. The van der Waals surface area contributed by atoms with Gasteiger partial charge in [-0.25, -0.2) is 9.18 Å². The Morgan fingerprint density at radius 1 is 0.515 bits per heavy atom. The van der Waals surface area contributed by atoms with E-state index in [-0.39, 0.29) is 19.2 Å². The predicted octanol–water partition coefficient (Wildman–Crippen LogP) is 1.93. The van der Waals surface area contributed by atoms with Gasteiger partial charge in [-0.3, -0.25) is 0 Å². The van der Waals surface area contributed by atoms with Crippen molar-refractivity contribution in [3.05, 3.63) is 35.9 Å². The zero-order valence-electron chi connectivity index (χ0n) is 19.3. The third kappa shape index (κ3) is 19.5.